The van der Waals surface area contributed by atoms with E-state index >= 15 is 0 Å². The van der Waals surface area contributed by atoms with Crippen molar-refractivity contribution in [3.63, 3.8) is 0 Å². The van der Waals surface area contributed by atoms with Gasteiger partial charge < -0.3 is 14.2 Å². The van der Waals surface area contributed by atoms with E-state index in [0.717, 1.165) is 77.0 Å². The van der Waals surface area contributed by atoms with Gasteiger partial charge in [0.15, 0.2) is 6.10 Å². The Hall–Kier alpha value is -2.37. The first kappa shape index (κ1) is 78.6. The Morgan fingerprint density at radius 2 is 0.444 bits per heavy atom. The van der Waals surface area contributed by atoms with Crippen molar-refractivity contribution >= 4 is 17.9 Å². The summed E-state index contributed by atoms with van der Waals surface area (Å²) in [6.07, 6.45) is 88.2. The SMILES string of the molecule is CCCCCCC/C=C\C/C=C\C/C=C\CCCCCCCCCCCCCCCCCCC(=O)OCC(COC(=O)CCCCCCC)OC(=O)CCCCCCCCCCCCCCCCCCCCCCCCCCCCC. The third kappa shape index (κ3) is 68.3. The third-order valence-corrected chi connectivity index (χ3v) is 16.6. The maximum absolute atomic E-state index is 12.9. The van der Waals surface area contributed by atoms with Crippen molar-refractivity contribution in [3.05, 3.63) is 36.5 Å². The Balaban J connectivity index is 3.91. The molecule has 0 saturated heterocycles. The Bertz CT molecular complexity index is 1350. The quantitative estimate of drug-likeness (QED) is 0.0261. The van der Waals surface area contributed by atoms with Gasteiger partial charge in [0.05, 0.1) is 0 Å². The Morgan fingerprint density at radius 1 is 0.247 bits per heavy atom. The molecule has 0 aromatic heterocycles. The summed E-state index contributed by atoms with van der Waals surface area (Å²) in [6, 6.07) is 0. The van der Waals surface area contributed by atoms with E-state index in [2.05, 4.69) is 57.2 Å². The van der Waals surface area contributed by atoms with Crippen molar-refractivity contribution in [1.29, 1.82) is 0 Å². The minimum Gasteiger partial charge on any atom is -0.462 e. The molecule has 0 aromatic rings. The summed E-state index contributed by atoms with van der Waals surface area (Å²) in [7, 11) is 0. The molecule has 1 atom stereocenters. The highest BCUT2D eigenvalue weighted by Crippen LogP contribution is 2.19. The highest BCUT2D eigenvalue weighted by atomic mass is 16.6. The lowest BCUT2D eigenvalue weighted by Gasteiger charge is -2.18. The average molecular weight is 1140 g/mol. The fraction of sp³-hybridized carbons (Fsp3) is 0.880. The number of carbonyl (C=O) groups excluding carboxylic acids is 3. The number of hydrogen-bond acceptors (Lipinski definition) is 6. The molecule has 0 aromatic carbocycles. The van der Waals surface area contributed by atoms with Gasteiger partial charge in [-0.3, -0.25) is 14.4 Å². The van der Waals surface area contributed by atoms with E-state index in [1.54, 1.807) is 0 Å². The van der Waals surface area contributed by atoms with Crippen molar-refractivity contribution in [2.75, 3.05) is 13.2 Å². The number of rotatable bonds is 68. The van der Waals surface area contributed by atoms with Gasteiger partial charge in [-0.25, -0.2) is 0 Å². The van der Waals surface area contributed by atoms with Crippen LogP contribution in [0.3, 0.4) is 0 Å². The molecule has 0 amide bonds. The summed E-state index contributed by atoms with van der Waals surface area (Å²) in [6.45, 7) is 6.62. The van der Waals surface area contributed by atoms with E-state index < -0.39 is 6.10 Å². The van der Waals surface area contributed by atoms with Crippen molar-refractivity contribution < 1.29 is 28.6 Å². The molecular formula is C75H140O6. The van der Waals surface area contributed by atoms with Gasteiger partial charge in [-0.1, -0.05) is 365 Å². The summed E-state index contributed by atoms with van der Waals surface area (Å²) in [5, 5.41) is 0. The van der Waals surface area contributed by atoms with Crippen molar-refractivity contribution in [2.45, 2.75) is 412 Å². The smallest absolute Gasteiger partial charge is 0.306 e. The molecule has 81 heavy (non-hydrogen) atoms. The normalized spacial score (nSPS) is 12.2. The number of carbonyl (C=O) groups is 3. The van der Waals surface area contributed by atoms with Gasteiger partial charge in [-0.05, 0) is 57.8 Å². The van der Waals surface area contributed by atoms with Gasteiger partial charge in [0.1, 0.15) is 13.2 Å². The first-order valence-electron chi connectivity index (χ1n) is 36.5. The topological polar surface area (TPSA) is 78.9 Å². The second-order valence-electron chi connectivity index (χ2n) is 24.9. The Labute approximate surface area is 506 Å². The summed E-state index contributed by atoms with van der Waals surface area (Å²) < 4.78 is 16.8. The summed E-state index contributed by atoms with van der Waals surface area (Å²) in [4.78, 5) is 38.0. The van der Waals surface area contributed by atoms with Gasteiger partial charge in [0.2, 0.25) is 0 Å². The molecule has 0 radical (unpaired) electrons. The summed E-state index contributed by atoms with van der Waals surface area (Å²) >= 11 is 0. The highest BCUT2D eigenvalue weighted by molar-refractivity contribution is 5.71. The van der Waals surface area contributed by atoms with Crippen LogP contribution in [-0.4, -0.2) is 37.2 Å². The van der Waals surface area contributed by atoms with E-state index in [1.807, 2.05) is 0 Å². The van der Waals surface area contributed by atoms with E-state index in [-0.39, 0.29) is 31.1 Å². The molecule has 0 fully saturated rings. The number of esters is 3. The molecule has 0 rings (SSSR count). The molecule has 0 aliphatic carbocycles. The van der Waals surface area contributed by atoms with E-state index in [0.29, 0.717) is 19.3 Å². The minimum absolute atomic E-state index is 0.0668. The molecule has 0 aliphatic heterocycles. The predicted octanol–water partition coefficient (Wildman–Crippen LogP) is 25.1. The monoisotopic (exact) mass is 1140 g/mol. The first-order chi connectivity index (χ1) is 40.0. The zero-order valence-electron chi connectivity index (χ0n) is 54.8. The molecule has 6 heteroatoms. The van der Waals surface area contributed by atoms with E-state index in [9.17, 15) is 14.4 Å². The van der Waals surface area contributed by atoms with Gasteiger partial charge in [0.25, 0.3) is 0 Å². The molecule has 1 unspecified atom stereocenters. The lowest BCUT2D eigenvalue weighted by atomic mass is 10.0. The highest BCUT2D eigenvalue weighted by Gasteiger charge is 2.19. The molecular weight excluding hydrogens is 997 g/mol. The van der Waals surface area contributed by atoms with E-state index in [1.165, 1.54) is 289 Å². The van der Waals surface area contributed by atoms with Crippen LogP contribution >= 0.6 is 0 Å². The fourth-order valence-electron chi connectivity index (χ4n) is 11.2. The largest absolute Gasteiger partial charge is 0.462 e. The molecule has 6 nitrogen and oxygen atoms in total. The van der Waals surface area contributed by atoms with Crippen LogP contribution in [-0.2, 0) is 28.6 Å². The van der Waals surface area contributed by atoms with Crippen LogP contribution in [0.1, 0.15) is 406 Å². The number of allylic oxidation sites excluding steroid dienone is 6. The molecule has 0 spiro atoms. The van der Waals surface area contributed by atoms with Crippen molar-refractivity contribution in [3.8, 4) is 0 Å². The summed E-state index contributed by atoms with van der Waals surface area (Å²) in [5.41, 5.74) is 0. The van der Waals surface area contributed by atoms with Crippen LogP contribution in [0.15, 0.2) is 36.5 Å². The van der Waals surface area contributed by atoms with Gasteiger partial charge in [-0.15, -0.1) is 0 Å². The standard InChI is InChI=1S/C75H140O6/c1-4-7-10-13-15-17-19-21-23-25-27-29-31-33-35-36-37-38-40-41-43-45-47-49-51-53-55-57-59-62-65-68-74(77)80-71-72(70-79-73(76)67-64-61-12-9-6-3)81-75(78)69-66-63-60-58-56-54-52-50-48-46-44-42-39-34-32-30-28-26-24-22-20-18-16-14-11-8-5-2/h19,21,25,27,31,33,72H,4-18,20,22-24,26,28-30,32,34-71H2,1-3H3/b21-19-,27-25-,33-31-. The Morgan fingerprint density at radius 3 is 0.691 bits per heavy atom. The number of unbranched alkanes of at least 4 members (excludes halogenated alkanes) is 51. The second-order valence-corrected chi connectivity index (χ2v) is 24.9. The Kier molecular flexibility index (Phi) is 68.1. The lowest BCUT2D eigenvalue weighted by molar-refractivity contribution is -0.167. The molecule has 0 saturated carbocycles. The van der Waals surface area contributed by atoms with Crippen LogP contribution < -0.4 is 0 Å². The van der Waals surface area contributed by atoms with Crippen LogP contribution in [0.5, 0.6) is 0 Å². The first-order valence-corrected chi connectivity index (χ1v) is 36.5. The van der Waals surface area contributed by atoms with Crippen LogP contribution in [0.25, 0.3) is 0 Å². The van der Waals surface area contributed by atoms with Crippen LogP contribution in [0.2, 0.25) is 0 Å². The van der Waals surface area contributed by atoms with Gasteiger partial charge >= 0.3 is 17.9 Å². The third-order valence-electron chi connectivity index (χ3n) is 16.6. The predicted molar refractivity (Wildman–Crippen MR) is 353 cm³/mol. The fourth-order valence-corrected chi connectivity index (χ4v) is 11.2. The maximum atomic E-state index is 12.9. The number of hydrogen-bond donors (Lipinski definition) is 0. The molecule has 476 valence electrons. The second kappa shape index (κ2) is 70.1. The number of ether oxygens (including phenoxy) is 3. The van der Waals surface area contributed by atoms with Crippen LogP contribution in [0.4, 0.5) is 0 Å². The van der Waals surface area contributed by atoms with Crippen molar-refractivity contribution in [2.24, 2.45) is 0 Å². The minimum atomic E-state index is -0.766. The zero-order valence-corrected chi connectivity index (χ0v) is 54.8. The van der Waals surface area contributed by atoms with E-state index in [4.69, 9.17) is 14.2 Å². The van der Waals surface area contributed by atoms with Crippen molar-refractivity contribution in [1.82, 2.24) is 0 Å². The van der Waals surface area contributed by atoms with Gasteiger partial charge in [0, 0.05) is 19.3 Å². The lowest BCUT2D eigenvalue weighted by Crippen LogP contribution is -2.30. The molecule has 0 heterocycles. The average Bonchev–Trinajstić information content (AvgIpc) is 3.47. The van der Waals surface area contributed by atoms with Gasteiger partial charge in [-0.2, -0.15) is 0 Å². The molecule has 0 N–H and O–H groups in total. The van der Waals surface area contributed by atoms with Crippen LogP contribution in [0, 0.1) is 0 Å². The molecule has 0 bridgehead atoms. The molecule has 0 aliphatic rings. The zero-order chi connectivity index (χ0) is 58.5. The summed E-state index contributed by atoms with van der Waals surface area (Å²) in [5.74, 6) is -0.853. The maximum Gasteiger partial charge on any atom is 0.306 e.